The fourth-order valence-corrected chi connectivity index (χ4v) is 4.05. The molecule has 0 spiro atoms. The van der Waals surface area contributed by atoms with Gasteiger partial charge in [-0.1, -0.05) is 30.3 Å². The van der Waals surface area contributed by atoms with Gasteiger partial charge in [-0.05, 0) is 49.6 Å². The summed E-state index contributed by atoms with van der Waals surface area (Å²) < 4.78 is 5.26. The van der Waals surface area contributed by atoms with Gasteiger partial charge >= 0.3 is 12.1 Å². The number of ether oxygens (including phenoxy) is 1. The van der Waals surface area contributed by atoms with E-state index in [1.54, 1.807) is 48.7 Å². The molecule has 200 valence electrons. The minimum atomic E-state index is -2.09. The SMILES string of the molecule is O=C(NC(CCCCNC1N=CCCN1)(NC(=O)c1ccc2[nH]ncc2c1)C(=O)O)OCc1ccccc1. The van der Waals surface area contributed by atoms with E-state index in [9.17, 15) is 19.5 Å². The first kappa shape index (κ1) is 26.8. The topological polar surface area (TPSA) is 170 Å². The molecule has 1 aromatic heterocycles. The van der Waals surface area contributed by atoms with Crippen LogP contribution in [-0.4, -0.2) is 64.5 Å². The largest absolute Gasteiger partial charge is 0.478 e. The van der Waals surface area contributed by atoms with Crippen molar-refractivity contribution in [2.24, 2.45) is 4.99 Å². The molecule has 12 heteroatoms. The fourth-order valence-electron chi connectivity index (χ4n) is 4.05. The quantitative estimate of drug-likeness (QED) is 0.155. The van der Waals surface area contributed by atoms with Crippen molar-refractivity contribution < 1.29 is 24.2 Å². The van der Waals surface area contributed by atoms with Gasteiger partial charge in [0.25, 0.3) is 5.91 Å². The summed E-state index contributed by atoms with van der Waals surface area (Å²) in [6.45, 7) is 1.34. The molecule has 38 heavy (non-hydrogen) atoms. The number of alkyl carbamates (subject to hydrolysis) is 1. The Balaban J connectivity index is 1.44. The number of amides is 2. The number of nitrogens with one attached hydrogen (secondary N) is 5. The molecule has 0 saturated carbocycles. The molecule has 2 unspecified atom stereocenters. The number of carboxylic acids is 1. The van der Waals surface area contributed by atoms with Crippen LogP contribution < -0.4 is 21.3 Å². The van der Waals surface area contributed by atoms with Gasteiger partial charge in [0.2, 0.25) is 5.66 Å². The lowest BCUT2D eigenvalue weighted by molar-refractivity contribution is -0.146. The number of benzene rings is 2. The number of rotatable bonds is 12. The minimum Gasteiger partial charge on any atom is -0.478 e. The molecule has 3 aromatic rings. The molecule has 4 rings (SSSR count). The van der Waals surface area contributed by atoms with Crippen molar-refractivity contribution in [2.75, 3.05) is 13.1 Å². The van der Waals surface area contributed by atoms with Crippen molar-refractivity contribution in [2.45, 2.75) is 44.2 Å². The molecule has 2 heterocycles. The fraction of sp³-hybridized carbons (Fsp3) is 0.346. The highest BCUT2D eigenvalue weighted by molar-refractivity contribution is 6.01. The van der Waals surface area contributed by atoms with Crippen LogP contribution in [0.2, 0.25) is 0 Å². The van der Waals surface area contributed by atoms with Crippen LogP contribution >= 0.6 is 0 Å². The molecule has 2 amide bonds. The first-order valence-electron chi connectivity index (χ1n) is 12.4. The lowest BCUT2D eigenvalue weighted by Gasteiger charge is -2.31. The summed E-state index contributed by atoms with van der Waals surface area (Å²) >= 11 is 0. The summed E-state index contributed by atoms with van der Waals surface area (Å²) in [6.07, 6.45) is 4.05. The van der Waals surface area contributed by atoms with Crippen LogP contribution in [0.15, 0.2) is 59.7 Å². The number of aliphatic imine (C=N–C) groups is 1. The van der Waals surface area contributed by atoms with Crippen LogP contribution in [0.5, 0.6) is 0 Å². The van der Waals surface area contributed by atoms with Crippen molar-refractivity contribution in [1.82, 2.24) is 31.5 Å². The molecule has 1 aliphatic heterocycles. The summed E-state index contributed by atoms with van der Waals surface area (Å²) in [5.74, 6) is -2.06. The van der Waals surface area contributed by atoms with Crippen molar-refractivity contribution >= 4 is 35.1 Å². The lowest BCUT2D eigenvalue weighted by Crippen LogP contribution is -2.65. The van der Waals surface area contributed by atoms with E-state index in [1.165, 1.54) is 0 Å². The number of aromatic amines is 1. The first-order chi connectivity index (χ1) is 18.4. The van der Waals surface area contributed by atoms with Crippen LogP contribution in [-0.2, 0) is 16.1 Å². The number of aromatic nitrogens is 2. The second-order valence-electron chi connectivity index (χ2n) is 8.91. The maximum absolute atomic E-state index is 13.2. The van der Waals surface area contributed by atoms with Gasteiger partial charge in [0.1, 0.15) is 6.61 Å². The van der Waals surface area contributed by atoms with Crippen LogP contribution in [0.1, 0.15) is 41.6 Å². The lowest BCUT2D eigenvalue weighted by atomic mass is 10.0. The van der Waals surface area contributed by atoms with E-state index in [0.717, 1.165) is 24.0 Å². The predicted molar refractivity (Wildman–Crippen MR) is 140 cm³/mol. The molecule has 0 fully saturated rings. The van der Waals surface area contributed by atoms with Crippen LogP contribution in [0, 0.1) is 0 Å². The molecule has 12 nitrogen and oxygen atoms in total. The van der Waals surface area contributed by atoms with Crippen LogP contribution in [0.3, 0.4) is 0 Å². The number of carbonyl (C=O) groups is 3. The van der Waals surface area contributed by atoms with Crippen LogP contribution in [0.25, 0.3) is 10.9 Å². The Morgan fingerprint density at radius 2 is 1.95 bits per heavy atom. The number of aliphatic carboxylic acids is 1. The normalized spacial score (nSPS) is 16.5. The van der Waals surface area contributed by atoms with E-state index in [0.29, 0.717) is 24.8 Å². The molecule has 0 saturated heterocycles. The average molecular weight is 522 g/mol. The van der Waals surface area contributed by atoms with Gasteiger partial charge in [-0.2, -0.15) is 5.10 Å². The summed E-state index contributed by atoms with van der Waals surface area (Å²) in [5, 5.41) is 29.0. The number of fused-ring (bicyclic) bond motifs is 1. The Morgan fingerprint density at radius 1 is 1.11 bits per heavy atom. The molecular weight excluding hydrogens is 490 g/mol. The molecular formula is C26H31N7O5. The van der Waals surface area contributed by atoms with Crippen molar-refractivity contribution in [3.05, 3.63) is 65.9 Å². The smallest absolute Gasteiger partial charge is 0.409 e. The third kappa shape index (κ3) is 7.14. The molecule has 0 aliphatic carbocycles. The van der Waals surface area contributed by atoms with Gasteiger partial charge in [0, 0.05) is 30.1 Å². The van der Waals surface area contributed by atoms with E-state index in [2.05, 4.69) is 36.5 Å². The Kier molecular flexibility index (Phi) is 9.01. The first-order valence-corrected chi connectivity index (χ1v) is 12.4. The molecule has 0 radical (unpaired) electrons. The van der Waals surface area contributed by atoms with Crippen molar-refractivity contribution in [1.29, 1.82) is 0 Å². The van der Waals surface area contributed by atoms with E-state index in [4.69, 9.17) is 4.74 Å². The highest BCUT2D eigenvalue weighted by Gasteiger charge is 2.42. The number of hydrogen-bond acceptors (Lipinski definition) is 8. The van der Waals surface area contributed by atoms with Gasteiger partial charge in [-0.15, -0.1) is 0 Å². The highest BCUT2D eigenvalue weighted by atomic mass is 16.5. The monoisotopic (exact) mass is 521 g/mol. The van der Waals surface area contributed by atoms with Crippen LogP contribution in [0.4, 0.5) is 4.79 Å². The molecule has 6 N–H and O–H groups in total. The van der Waals surface area contributed by atoms with Crippen molar-refractivity contribution in [3.63, 3.8) is 0 Å². The van der Waals surface area contributed by atoms with Gasteiger partial charge in [-0.3, -0.25) is 30.8 Å². The van der Waals surface area contributed by atoms with E-state index in [-0.39, 0.29) is 24.9 Å². The summed E-state index contributed by atoms with van der Waals surface area (Å²) in [5.41, 5.74) is -0.381. The van der Waals surface area contributed by atoms with E-state index >= 15 is 0 Å². The molecule has 2 atom stereocenters. The second-order valence-corrected chi connectivity index (χ2v) is 8.91. The van der Waals surface area contributed by atoms with E-state index in [1.807, 2.05) is 12.3 Å². The maximum Gasteiger partial charge on any atom is 0.409 e. The third-order valence-corrected chi connectivity index (χ3v) is 6.10. The molecule has 1 aliphatic rings. The second kappa shape index (κ2) is 12.8. The average Bonchev–Trinajstić information content (AvgIpc) is 3.41. The zero-order valence-electron chi connectivity index (χ0n) is 20.8. The maximum atomic E-state index is 13.2. The number of hydrogen-bond donors (Lipinski definition) is 6. The van der Waals surface area contributed by atoms with Gasteiger partial charge in [0.05, 0.1) is 11.7 Å². The standard InChI is InChI=1S/C26H31N7O5/c34-22(19-9-10-21-20(15-19)16-30-33-21)31-26(23(35)36,11-4-5-12-27-24-28-13-6-14-29-24)32-25(37)38-17-18-7-2-1-3-8-18/h1-3,7-10,13,15-16,24,27,29H,4-6,11-12,14,17H2,(H,30,33)(H,31,34)(H,32,37)(H,35,36). The Morgan fingerprint density at radius 3 is 2.71 bits per heavy atom. The number of carbonyl (C=O) groups excluding carboxylic acids is 2. The van der Waals surface area contributed by atoms with Gasteiger partial charge < -0.3 is 15.2 Å². The Labute approximate surface area is 219 Å². The molecule has 0 bridgehead atoms. The van der Waals surface area contributed by atoms with E-state index < -0.39 is 23.6 Å². The van der Waals surface area contributed by atoms with Gasteiger partial charge in [0.15, 0.2) is 6.29 Å². The highest BCUT2D eigenvalue weighted by Crippen LogP contribution is 2.17. The van der Waals surface area contributed by atoms with Crippen molar-refractivity contribution in [3.8, 4) is 0 Å². The zero-order valence-corrected chi connectivity index (χ0v) is 20.8. The number of H-pyrrole nitrogens is 1. The number of nitrogens with zero attached hydrogens (tertiary/aromatic N) is 2. The number of carboxylic acid groups (broad SMARTS) is 1. The summed E-state index contributed by atoms with van der Waals surface area (Å²) in [7, 11) is 0. The van der Waals surface area contributed by atoms with Gasteiger partial charge in [-0.25, -0.2) is 9.59 Å². The predicted octanol–water partition coefficient (Wildman–Crippen LogP) is 2.11. The molecule has 2 aromatic carbocycles. The number of unbranched alkanes of at least 4 members (excludes halogenated alkanes) is 1. The Bertz CT molecular complexity index is 1280. The third-order valence-electron chi connectivity index (χ3n) is 6.10. The zero-order chi connectivity index (χ0) is 26.8. The minimum absolute atomic E-state index is 0.0493. The Hall–Kier alpha value is -4.29. The summed E-state index contributed by atoms with van der Waals surface area (Å²) in [4.78, 5) is 42.7. The summed E-state index contributed by atoms with van der Waals surface area (Å²) in [6, 6.07) is 13.8.